The van der Waals surface area contributed by atoms with E-state index in [9.17, 15) is 19.5 Å². The number of hydrogen-bond acceptors (Lipinski definition) is 5. The van der Waals surface area contributed by atoms with Crippen LogP contribution in [-0.2, 0) is 14.3 Å². The summed E-state index contributed by atoms with van der Waals surface area (Å²) in [5.41, 5.74) is 3.00. The number of rotatable bonds is 5. The van der Waals surface area contributed by atoms with Crippen molar-refractivity contribution >= 4 is 34.2 Å². The molecule has 2 N–H and O–H groups in total. The van der Waals surface area contributed by atoms with Crippen LogP contribution in [0.4, 0.5) is 5.00 Å². The van der Waals surface area contributed by atoms with Crippen molar-refractivity contribution in [3.05, 3.63) is 52.4 Å². The zero-order valence-electron chi connectivity index (χ0n) is 17.0. The zero-order chi connectivity index (χ0) is 21.6. The summed E-state index contributed by atoms with van der Waals surface area (Å²) in [6.45, 7) is 3.88. The molecule has 2 aliphatic carbocycles. The van der Waals surface area contributed by atoms with Gasteiger partial charge >= 0.3 is 11.9 Å². The number of amides is 1. The predicted octanol–water partition coefficient (Wildman–Crippen LogP) is 4.28. The summed E-state index contributed by atoms with van der Waals surface area (Å²) in [5.74, 6) is -3.43. The monoisotopic (exact) mass is 425 g/mol. The van der Waals surface area contributed by atoms with Crippen molar-refractivity contribution < 1.29 is 24.2 Å². The Labute approximate surface area is 178 Å². The van der Waals surface area contributed by atoms with Crippen molar-refractivity contribution in [1.82, 2.24) is 0 Å². The van der Waals surface area contributed by atoms with Gasteiger partial charge in [-0.15, -0.1) is 11.3 Å². The number of hydrogen-bond donors (Lipinski definition) is 2. The largest absolute Gasteiger partial charge is 0.481 e. The Morgan fingerprint density at radius 3 is 2.30 bits per heavy atom. The van der Waals surface area contributed by atoms with Gasteiger partial charge in [0.05, 0.1) is 18.9 Å². The van der Waals surface area contributed by atoms with E-state index in [1.807, 2.05) is 50.3 Å². The van der Waals surface area contributed by atoms with Gasteiger partial charge in [-0.05, 0) is 37.7 Å². The Bertz CT molecular complexity index is 1050. The van der Waals surface area contributed by atoms with Crippen LogP contribution in [0.2, 0.25) is 0 Å². The average Bonchev–Trinajstić information content (AvgIpc) is 3.41. The predicted molar refractivity (Wildman–Crippen MR) is 115 cm³/mol. The van der Waals surface area contributed by atoms with Crippen LogP contribution < -0.4 is 5.32 Å². The van der Waals surface area contributed by atoms with Gasteiger partial charge in [-0.25, -0.2) is 4.79 Å². The molecule has 1 heterocycles. The lowest BCUT2D eigenvalue weighted by Crippen LogP contribution is -2.36. The Balaban J connectivity index is 1.71. The topological polar surface area (TPSA) is 92.7 Å². The van der Waals surface area contributed by atoms with E-state index >= 15 is 0 Å². The highest BCUT2D eigenvalue weighted by Gasteiger charge is 2.51. The first-order valence-corrected chi connectivity index (χ1v) is 10.6. The minimum absolute atomic E-state index is 0.0877. The molecule has 2 bridgehead atoms. The van der Waals surface area contributed by atoms with Gasteiger partial charge in [-0.3, -0.25) is 9.59 Å². The summed E-state index contributed by atoms with van der Waals surface area (Å²) >= 11 is 1.30. The minimum Gasteiger partial charge on any atom is -0.481 e. The van der Waals surface area contributed by atoms with Crippen molar-refractivity contribution in [2.75, 3.05) is 12.4 Å². The second-order valence-electron chi connectivity index (χ2n) is 7.92. The molecule has 0 aliphatic heterocycles. The number of aryl methyl sites for hydroxylation is 2. The van der Waals surface area contributed by atoms with Crippen LogP contribution in [0.1, 0.15) is 27.2 Å². The molecule has 2 aromatic rings. The molecule has 30 heavy (non-hydrogen) atoms. The first kappa shape index (κ1) is 20.3. The smallest absolute Gasteiger partial charge is 0.341 e. The van der Waals surface area contributed by atoms with Crippen molar-refractivity contribution in [3.63, 3.8) is 0 Å². The number of carbonyl (C=O) groups is 3. The fraction of sp³-hybridized carbons (Fsp3) is 0.348. The first-order chi connectivity index (χ1) is 14.3. The molecule has 1 fully saturated rings. The Hall–Kier alpha value is -2.93. The van der Waals surface area contributed by atoms with Gasteiger partial charge in [0.25, 0.3) is 0 Å². The van der Waals surface area contributed by atoms with E-state index < -0.39 is 23.8 Å². The van der Waals surface area contributed by atoms with Crippen LogP contribution in [0.25, 0.3) is 11.1 Å². The van der Waals surface area contributed by atoms with Gasteiger partial charge in [0.15, 0.2) is 0 Å². The zero-order valence-corrected chi connectivity index (χ0v) is 17.8. The van der Waals surface area contributed by atoms with Gasteiger partial charge in [0, 0.05) is 10.4 Å². The number of allylic oxidation sites excluding steroid dienone is 2. The third kappa shape index (κ3) is 3.33. The van der Waals surface area contributed by atoms with E-state index in [4.69, 9.17) is 4.74 Å². The maximum Gasteiger partial charge on any atom is 0.341 e. The standard InChI is InChI=1S/C23H23NO5S/c1-11-4-6-13(7-5-11)16-12(2)30-21(19(16)23(28)29-3)24-20(25)17-14-8-9-15(10-14)18(17)22(26)27/h4-9,14-15,17-18H,10H2,1-3H3,(H,24,25)(H,26,27)/t14-,15+,17+,18+/m1/s1. The number of esters is 1. The highest BCUT2D eigenvalue weighted by molar-refractivity contribution is 7.17. The van der Waals surface area contributed by atoms with Crippen LogP contribution in [0.5, 0.6) is 0 Å². The molecule has 0 radical (unpaired) electrons. The molecule has 4 atom stereocenters. The number of methoxy groups -OCH3 is 1. The summed E-state index contributed by atoms with van der Waals surface area (Å²) in [5, 5.41) is 12.9. The van der Waals surface area contributed by atoms with Gasteiger partial charge in [0.2, 0.25) is 5.91 Å². The molecule has 156 valence electrons. The number of anilines is 1. The molecule has 2 aliphatic rings. The summed E-state index contributed by atoms with van der Waals surface area (Å²) in [4.78, 5) is 38.4. The Morgan fingerprint density at radius 1 is 1.07 bits per heavy atom. The first-order valence-electron chi connectivity index (χ1n) is 9.82. The van der Waals surface area contributed by atoms with E-state index in [1.54, 1.807) is 0 Å². The highest BCUT2D eigenvalue weighted by Crippen LogP contribution is 2.49. The van der Waals surface area contributed by atoms with Crippen molar-refractivity contribution in [3.8, 4) is 11.1 Å². The number of nitrogens with one attached hydrogen (secondary N) is 1. The number of thiophene rings is 1. The van der Waals surface area contributed by atoms with Gasteiger partial charge in [-0.1, -0.05) is 42.0 Å². The van der Waals surface area contributed by atoms with E-state index in [1.165, 1.54) is 18.4 Å². The number of benzene rings is 1. The maximum absolute atomic E-state index is 13.1. The second kappa shape index (κ2) is 7.72. The second-order valence-corrected chi connectivity index (χ2v) is 9.15. The number of carboxylic acids is 1. The normalized spacial score (nSPS) is 24.1. The molecule has 0 spiro atoms. The molecule has 1 aromatic heterocycles. The summed E-state index contributed by atoms with van der Waals surface area (Å²) in [6.07, 6.45) is 4.52. The minimum atomic E-state index is -0.956. The van der Waals surface area contributed by atoms with E-state index in [0.717, 1.165) is 21.6 Å². The highest BCUT2D eigenvalue weighted by atomic mass is 32.1. The SMILES string of the molecule is COC(=O)c1c(NC(=O)[C@@H]2[C@@H](C(=O)O)[C@H]3C=C[C@@H]2C3)sc(C)c1-c1ccc(C)cc1. The molecular formula is C23H23NO5S. The Kier molecular flexibility index (Phi) is 5.24. The fourth-order valence-electron chi connectivity index (χ4n) is 4.71. The van der Waals surface area contributed by atoms with E-state index in [2.05, 4.69) is 5.32 Å². The lowest BCUT2D eigenvalue weighted by molar-refractivity contribution is -0.146. The van der Waals surface area contributed by atoms with Gasteiger partial charge in [-0.2, -0.15) is 0 Å². The quantitative estimate of drug-likeness (QED) is 0.551. The molecule has 6 nitrogen and oxygen atoms in total. The number of fused-ring (bicyclic) bond motifs is 2. The lowest BCUT2D eigenvalue weighted by Gasteiger charge is -2.23. The summed E-state index contributed by atoms with van der Waals surface area (Å²) in [6, 6.07) is 7.79. The van der Waals surface area contributed by atoms with Crippen molar-refractivity contribution in [2.45, 2.75) is 20.3 Å². The fourth-order valence-corrected chi connectivity index (χ4v) is 5.78. The summed E-state index contributed by atoms with van der Waals surface area (Å²) < 4.78 is 5.00. The van der Waals surface area contributed by atoms with Crippen molar-refractivity contribution in [1.29, 1.82) is 0 Å². The van der Waals surface area contributed by atoms with E-state index in [-0.39, 0.29) is 17.7 Å². The molecule has 7 heteroatoms. The molecule has 1 saturated carbocycles. The van der Waals surface area contributed by atoms with Crippen molar-refractivity contribution in [2.24, 2.45) is 23.7 Å². The number of ether oxygens (including phenoxy) is 1. The van der Waals surface area contributed by atoms with Crippen LogP contribution in [0.3, 0.4) is 0 Å². The maximum atomic E-state index is 13.1. The molecule has 0 unspecified atom stereocenters. The average molecular weight is 426 g/mol. The molecule has 1 amide bonds. The summed E-state index contributed by atoms with van der Waals surface area (Å²) in [7, 11) is 1.31. The van der Waals surface area contributed by atoms with E-state index in [0.29, 0.717) is 17.0 Å². The lowest BCUT2D eigenvalue weighted by atomic mass is 9.82. The Morgan fingerprint density at radius 2 is 1.70 bits per heavy atom. The van der Waals surface area contributed by atoms with Gasteiger partial charge in [0.1, 0.15) is 10.6 Å². The molecule has 1 aromatic carbocycles. The number of carbonyl (C=O) groups excluding carboxylic acids is 2. The number of carboxylic acid groups (broad SMARTS) is 1. The van der Waals surface area contributed by atoms with Crippen LogP contribution in [-0.4, -0.2) is 30.1 Å². The molecule has 4 rings (SSSR count). The third-order valence-electron chi connectivity index (χ3n) is 6.10. The van der Waals surface area contributed by atoms with Crippen LogP contribution >= 0.6 is 11.3 Å². The molecular weight excluding hydrogens is 402 g/mol. The van der Waals surface area contributed by atoms with Crippen LogP contribution in [0.15, 0.2) is 36.4 Å². The van der Waals surface area contributed by atoms with Crippen LogP contribution in [0, 0.1) is 37.5 Å². The van der Waals surface area contributed by atoms with Gasteiger partial charge < -0.3 is 15.2 Å². The third-order valence-corrected chi connectivity index (χ3v) is 7.12. The number of aliphatic carboxylic acids is 1. The molecule has 0 saturated heterocycles.